The predicted octanol–water partition coefficient (Wildman–Crippen LogP) is 3.52. The first kappa shape index (κ1) is 15.2. The number of aldehydes is 2. The lowest BCUT2D eigenvalue weighted by molar-refractivity contribution is -0.305. The molecule has 2 nitrogen and oxygen atoms in total. The summed E-state index contributed by atoms with van der Waals surface area (Å²) in [6.07, 6.45) is -9.46. The molecule has 0 spiro atoms. The highest BCUT2D eigenvalue weighted by Crippen LogP contribution is 2.46. The Labute approximate surface area is 103 Å². The molecule has 0 saturated carbocycles. The molecule has 0 fully saturated rings. The van der Waals surface area contributed by atoms with E-state index in [1.807, 2.05) is 0 Å². The van der Waals surface area contributed by atoms with Crippen molar-refractivity contribution in [1.82, 2.24) is 0 Å². The van der Waals surface area contributed by atoms with Crippen molar-refractivity contribution in [2.75, 3.05) is 0 Å². The van der Waals surface area contributed by atoms with Gasteiger partial charge in [0.1, 0.15) is 0 Å². The lowest BCUT2D eigenvalue weighted by Crippen LogP contribution is -2.40. The van der Waals surface area contributed by atoms with Crippen molar-refractivity contribution >= 4 is 12.6 Å². The lowest BCUT2D eigenvalue weighted by atomic mass is 9.99. The average Bonchev–Trinajstić information content (AvgIpc) is 2.35. The maximum absolute atomic E-state index is 13.3. The molecule has 1 unspecified atom stereocenters. The first-order chi connectivity index (χ1) is 8.65. The fraction of sp³-hybridized carbons (Fsp3) is 0.273. The smallest absolute Gasteiger partial charge is 0.298 e. The van der Waals surface area contributed by atoms with E-state index in [0.29, 0.717) is 12.1 Å². The molecule has 0 N–H and O–H groups in total. The van der Waals surface area contributed by atoms with E-state index in [1.165, 1.54) is 0 Å². The van der Waals surface area contributed by atoms with Crippen molar-refractivity contribution < 1.29 is 35.9 Å². The highest BCUT2D eigenvalue weighted by molar-refractivity contribution is 5.90. The van der Waals surface area contributed by atoms with Gasteiger partial charge in [0.15, 0.2) is 18.7 Å². The van der Waals surface area contributed by atoms with Gasteiger partial charge in [-0.1, -0.05) is 12.1 Å². The second-order valence-electron chi connectivity index (χ2n) is 3.61. The largest absolute Gasteiger partial charge is 0.456 e. The summed E-state index contributed by atoms with van der Waals surface area (Å²) in [4.78, 5) is 21.0. The molecule has 19 heavy (non-hydrogen) atoms. The molecule has 0 aliphatic heterocycles. The van der Waals surface area contributed by atoms with Crippen molar-refractivity contribution in [2.45, 2.75) is 18.3 Å². The van der Waals surface area contributed by atoms with Crippen molar-refractivity contribution in [3.05, 3.63) is 34.9 Å². The topological polar surface area (TPSA) is 34.1 Å². The summed E-state index contributed by atoms with van der Waals surface area (Å²) >= 11 is 0. The molecule has 104 valence electrons. The van der Waals surface area contributed by atoms with E-state index in [2.05, 4.69) is 0 Å². The van der Waals surface area contributed by atoms with E-state index in [9.17, 15) is 35.9 Å². The SMILES string of the molecule is O=Cc1ccc(C(F)C(F)(F)C(F)(F)F)cc1C=O. The van der Waals surface area contributed by atoms with Gasteiger partial charge in [-0.05, 0) is 11.6 Å². The van der Waals surface area contributed by atoms with Gasteiger partial charge in [-0.25, -0.2) is 4.39 Å². The Morgan fingerprint density at radius 1 is 0.947 bits per heavy atom. The quantitative estimate of drug-likeness (QED) is 0.626. The Bertz CT molecular complexity index is 494. The zero-order valence-corrected chi connectivity index (χ0v) is 9.05. The van der Waals surface area contributed by atoms with Gasteiger partial charge in [0.2, 0.25) is 0 Å². The van der Waals surface area contributed by atoms with Crippen LogP contribution in [0.15, 0.2) is 18.2 Å². The molecule has 0 aromatic heterocycles. The zero-order valence-electron chi connectivity index (χ0n) is 9.05. The monoisotopic (exact) mass is 284 g/mol. The molecule has 0 aliphatic rings. The van der Waals surface area contributed by atoms with E-state index in [1.54, 1.807) is 0 Å². The summed E-state index contributed by atoms with van der Waals surface area (Å²) < 4.78 is 74.8. The van der Waals surface area contributed by atoms with Crippen LogP contribution in [0.5, 0.6) is 0 Å². The van der Waals surface area contributed by atoms with Gasteiger partial charge in [-0.3, -0.25) is 9.59 Å². The average molecular weight is 284 g/mol. The van der Waals surface area contributed by atoms with Crippen LogP contribution in [-0.4, -0.2) is 24.7 Å². The molecule has 1 rings (SSSR count). The summed E-state index contributed by atoms with van der Waals surface area (Å²) in [5.41, 5.74) is -1.73. The number of hydrogen-bond acceptors (Lipinski definition) is 2. The molecule has 0 amide bonds. The van der Waals surface area contributed by atoms with Gasteiger partial charge in [-0.2, -0.15) is 22.0 Å². The summed E-state index contributed by atoms with van der Waals surface area (Å²) in [5.74, 6) is -5.59. The molecular weight excluding hydrogens is 278 g/mol. The van der Waals surface area contributed by atoms with Crippen LogP contribution in [0.25, 0.3) is 0 Å². The van der Waals surface area contributed by atoms with Gasteiger partial charge in [0.05, 0.1) is 0 Å². The zero-order chi connectivity index (χ0) is 14.8. The fourth-order valence-corrected chi connectivity index (χ4v) is 1.31. The van der Waals surface area contributed by atoms with Crippen molar-refractivity contribution in [2.24, 2.45) is 0 Å². The van der Waals surface area contributed by atoms with Gasteiger partial charge >= 0.3 is 12.1 Å². The minimum Gasteiger partial charge on any atom is -0.298 e. The molecule has 0 bridgehead atoms. The molecule has 0 heterocycles. The number of carbonyl (C=O) groups is 2. The number of hydrogen-bond donors (Lipinski definition) is 0. The number of carbonyl (C=O) groups excluding carboxylic acids is 2. The third-order valence-electron chi connectivity index (χ3n) is 2.35. The van der Waals surface area contributed by atoms with Crippen molar-refractivity contribution in [3.63, 3.8) is 0 Å². The number of benzene rings is 1. The Hall–Kier alpha value is -1.86. The highest BCUT2D eigenvalue weighted by atomic mass is 19.4. The lowest BCUT2D eigenvalue weighted by Gasteiger charge is -2.23. The van der Waals surface area contributed by atoms with Gasteiger partial charge in [0.25, 0.3) is 0 Å². The Kier molecular flexibility index (Phi) is 4.02. The third-order valence-corrected chi connectivity index (χ3v) is 2.35. The summed E-state index contributed by atoms with van der Waals surface area (Å²) in [6, 6.07) is 1.88. The summed E-state index contributed by atoms with van der Waals surface area (Å²) in [5, 5.41) is 0. The van der Waals surface area contributed by atoms with Crippen LogP contribution in [0.3, 0.4) is 0 Å². The molecule has 1 atom stereocenters. The number of halogens is 6. The number of rotatable bonds is 4. The molecule has 0 radical (unpaired) electrons. The van der Waals surface area contributed by atoms with Crippen LogP contribution >= 0.6 is 0 Å². The molecular formula is C11H6F6O2. The van der Waals surface area contributed by atoms with Crippen molar-refractivity contribution in [1.29, 1.82) is 0 Å². The minimum atomic E-state index is -6.06. The minimum absolute atomic E-state index is 0.0612. The van der Waals surface area contributed by atoms with E-state index in [-0.39, 0.29) is 18.1 Å². The summed E-state index contributed by atoms with van der Waals surface area (Å²) in [7, 11) is 0. The van der Waals surface area contributed by atoms with Gasteiger partial charge < -0.3 is 0 Å². The van der Waals surface area contributed by atoms with Crippen LogP contribution in [0.4, 0.5) is 26.3 Å². The summed E-state index contributed by atoms with van der Waals surface area (Å²) in [6.45, 7) is 0. The second kappa shape index (κ2) is 5.02. The molecule has 1 aromatic carbocycles. The van der Waals surface area contributed by atoms with E-state index < -0.39 is 29.4 Å². The maximum atomic E-state index is 13.3. The van der Waals surface area contributed by atoms with E-state index in [0.717, 1.165) is 6.07 Å². The van der Waals surface area contributed by atoms with Crippen LogP contribution in [0, 0.1) is 0 Å². The third kappa shape index (κ3) is 2.77. The Morgan fingerprint density at radius 2 is 1.47 bits per heavy atom. The Morgan fingerprint density at radius 3 is 1.89 bits per heavy atom. The van der Waals surface area contributed by atoms with Crippen molar-refractivity contribution in [3.8, 4) is 0 Å². The van der Waals surface area contributed by atoms with Crippen LogP contribution in [-0.2, 0) is 0 Å². The molecule has 0 saturated heterocycles. The first-order valence-corrected chi connectivity index (χ1v) is 4.78. The van der Waals surface area contributed by atoms with Gasteiger partial charge in [0, 0.05) is 11.1 Å². The van der Waals surface area contributed by atoms with Crippen LogP contribution < -0.4 is 0 Å². The number of alkyl halides is 6. The fourth-order valence-electron chi connectivity index (χ4n) is 1.31. The van der Waals surface area contributed by atoms with Gasteiger partial charge in [-0.15, -0.1) is 0 Å². The molecule has 0 aliphatic carbocycles. The normalized spacial score (nSPS) is 14.0. The highest BCUT2D eigenvalue weighted by Gasteiger charge is 2.63. The van der Waals surface area contributed by atoms with Crippen LogP contribution in [0.1, 0.15) is 32.5 Å². The molecule has 1 aromatic rings. The van der Waals surface area contributed by atoms with E-state index in [4.69, 9.17) is 0 Å². The Balaban J connectivity index is 3.24. The van der Waals surface area contributed by atoms with Crippen LogP contribution in [0.2, 0.25) is 0 Å². The standard InChI is InChI=1S/C11H6F6O2/c12-9(10(13,14)11(15,16)17)6-1-2-7(4-18)8(3-6)5-19/h1-5,9H. The maximum Gasteiger partial charge on any atom is 0.456 e. The predicted molar refractivity (Wildman–Crippen MR) is 52.1 cm³/mol. The first-order valence-electron chi connectivity index (χ1n) is 4.78. The second-order valence-corrected chi connectivity index (χ2v) is 3.61. The molecule has 8 heteroatoms. The van der Waals surface area contributed by atoms with E-state index >= 15 is 0 Å².